The Morgan fingerprint density at radius 1 is 1.16 bits per heavy atom. The Hall–Kier alpha value is -2.61. The van der Waals surface area contributed by atoms with Crippen molar-refractivity contribution in [2.45, 2.75) is 57.2 Å². The summed E-state index contributed by atoms with van der Waals surface area (Å²) in [6.07, 6.45) is 1.83. The summed E-state index contributed by atoms with van der Waals surface area (Å²) in [5.41, 5.74) is 4.10. The summed E-state index contributed by atoms with van der Waals surface area (Å²) in [6.45, 7) is 8.21. The van der Waals surface area contributed by atoms with E-state index in [0.29, 0.717) is 18.1 Å². The minimum absolute atomic E-state index is 0.248. The molecule has 0 saturated carbocycles. The van der Waals surface area contributed by atoms with Crippen molar-refractivity contribution in [2.75, 3.05) is 6.61 Å². The highest BCUT2D eigenvalue weighted by Crippen LogP contribution is 2.43. The fourth-order valence-corrected chi connectivity index (χ4v) is 5.05. The highest BCUT2D eigenvalue weighted by Gasteiger charge is 2.43. The minimum atomic E-state index is -1.28. The van der Waals surface area contributed by atoms with Crippen molar-refractivity contribution in [1.29, 1.82) is 0 Å². The molecule has 2 aliphatic rings. The predicted molar refractivity (Wildman–Crippen MR) is 125 cm³/mol. The van der Waals surface area contributed by atoms with Gasteiger partial charge in [0, 0.05) is 5.56 Å². The van der Waals surface area contributed by atoms with Crippen LogP contribution < -0.4 is 14.8 Å². The van der Waals surface area contributed by atoms with Crippen LogP contribution in [0.15, 0.2) is 24.3 Å². The van der Waals surface area contributed by atoms with Crippen LogP contribution in [0.2, 0.25) is 0 Å². The first-order valence-corrected chi connectivity index (χ1v) is 11.4. The van der Waals surface area contributed by atoms with Gasteiger partial charge in [-0.1, -0.05) is 23.9 Å². The van der Waals surface area contributed by atoms with Crippen LogP contribution in [0.25, 0.3) is 0 Å². The van der Waals surface area contributed by atoms with Crippen molar-refractivity contribution in [2.24, 2.45) is 0 Å². The van der Waals surface area contributed by atoms with Gasteiger partial charge in [0.2, 0.25) is 5.91 Å². The van der Waals surface area contributed by atoms with E-state index in [1.165, 1.54) is 0 Å². The molecule has 2 radical (unpaired) electrons. The lowest BCUT2D eigenvalue weighted by atomic mass is 9.80. The first-order valence-electron chi connectivity index (χ1n) is 10.6. The third-order valence-corrected chi connectivity index (χ3v) is 7.38. The fourth-order valence-electron chi connectivity index (χ4n) is 4.19. The molecular formula is C24H26BNO5S. The summed E-state index contributed by atoms with van der Waals surface area (Å²) < 4.78 is 11.2. The summed E-state index contributed by atoms with van der Waals surface area (Å²) >= 11 is 0.817. The molecule has 2 aliphatic heterocycles. The quantitative estimate of drug-likeness (QED) is 0.672. The van der Waals surface area contributed by atoms with Crippen molar-refractivity contribution in [3.8, 4) is 17.2 Å². The van der Waals surface area contributed by atoms with Crippen LogP contribution >= 0.6 is 11.8 Å². The third-order valence-electron chi connectivity index (χ3n) is 6.40. The summed E-state index contributed by atoms with van der Waals surface area (Å²) in [5.74, 6) is 1.41. The van der Waals surface area contributed by atoms with Gasteiger partial charge < -0.3 is 14.6 Å². The monoisotopic (exact) mass is 451 g/mol. The number of hydrogen-bond acceptors (Lipinski definition) is 6. The van der Waals surface area contributed by atoms with Crippen LogP contribution in [0.3, 0.4) is 0 Å². The number of nitrogens with one attached hydrogen (secondary N) is 1. The Morgan fingerprint density at radius 2 is 1.84 bits per heavy atom. The van der Waals surface area contributed by atoms with Crippen LogP contribution in [0.5, 0.6) is 17.2 Å². The van der Waals surface area contributed by atoms with Crippen molar-refractivity contribution in [3.05, 3.63) is 52.1 Å². The molecule has 0 bridgehead atoms. The normalized spacial score (nSPS) is 24.6. The standard InChI is InChI=1S/C24H26BNO5S/c1-13-14(2)20-18(15(3)19(13)27)9-10-23(4,31-20)12-30-17-7-5-16(6-8-17)11-24(25)21(28)26-22(29)32-24/h5-8,27H,9-12H2,1-4H3,(H,26,28,29)/t23?,24-/m0/s1. The number of ether oxygens (including phenoxy) is 2. The summed E-state index contributed by atoms with van der Waals surface area (Å²) in [7, 11) is 6.08. The van der Waals surface area contributed by atoms with E-state index in [1.807, 2.05) is 52.0 Å². The SMILES string of the molecule is [B][C@@]1(Cc2ccc(OCC3(C)CCc4c(C)c(O)c(C)c(C)c4O3)cc2)SC(=O)NC1=O. The van der Waals surface area contributed by atoms with Gasteiger partial charge in [-0.05, 0) is 81.3 Å². The van der Waals surface area contributed by atoms with Gasteiger partial charge in [-0.3, -0.25) is 14.9 Å². The van der Waals surface area contributed by atoms with Crippen molar-refractivity contribution in [1.82, 2.24) is 5.32 Å². The topological polar surface area (TPSA) is 84.9 Å². The van der Waals surface area contributed by atoms with Gasteiger partial charge in [-0.2, -0.15) is 0 Å². The molecular weight excluding hydrogens is 425 g/mol. The number of carbonyl (C=O) groups excluding carboxylic acids is 2. The maximum atomic E-state index is 11.9. The zero-order valence-electron chi connectivity index (χ0n) is 18.7. The maximum absolute atomic E-state index is 11.9. The highest BCUT2D eigenvalue weighted by molar-refractivity contribution is 8.17. The van der Waals surface area contributed by atoms with Gasteiger partial charge in [0.1, 0.15) is 37.3 Å². The molecule has 8 heteroatoms. The van der Waals surface area contributed by atoms with Crippen LogP contribution in [-0.2, 0) is 17.6 Å². The molecule has 166 valence electrons. The van der Waals surface area contributed by atoms with Gasteiger partial charge >= 0.3 is 0 Å². The van der Waals surface area contributed by atoms with Gasteiger partial charge in [-0.15, -0.1) is 0 Å². The van der Waals surface area contributed by atoms with Crippen molar-refractivity contribution >= 4 is 30.8 Å². The molecule has 6 nitrogen and oxygen atoms in total. The summed E-state index contributed by atoms with van der Waals surface area (Å²) in [5, 5.41) is 12.2. The Balaban J connectivity index is 1.42. The largest absolute Gasteiger partial charge is 0.507 e. The molecule has 1 fully saturated rings. The average molecular weight is 451 g/mol. The molecule has 2 aromatic rings. The molecule has 0 aromatic heterocycles. The molecule has 32 heavy (non-hydrogen) atoms. The molecule has 0 aliphatic carbocycles. The van der Waals surface area contributed by atoms with E-state index in [1.54, 1.807) is 0 Å². The van der Waals surface area contributed by atoms with Crippen LogP contribution in [0.4, 0.5) is 4.79 Å². The number of thioether (sulfide) groups is 1. The number of phenols is 1. The molecule has 2 atom stereocenters. The third kappa shape index (κ3) is 4.08. The minimum Gasteiger partial charge on any atom is -0.507 e. The summed E-state index contributed by atoms with van der Waals surface area (Å²) in [4.78, 5) is 23.4. The molecule has 0 spiro atoms. The number of fused-ring (bicyclic) bond motifs is 1. The second kappa shape index (κ2) is 8.07. The van der Waals surface area contributed by atoms with E-state index in [9.17, 15) is 14.7 Å². The average Bonchev–Trinajstić information content (AvgIpc) is 3.01. The summed E-state index contributed by atoms with van der Waals surface area (Å²) in [6, 6.07) is 7.35. The second-order valence-electron chi connectivity index (χ2n) is 8.93. The van der Waals surface area contributed by atoms with E-state index in [4.69, 9.17) is 17.3 Å². The van der Waals surface area contributed by atoms with E-state index < -0.39 is 21.4 Å². The van der Waals surface area contributed by atoms with Crippen molar-refractivity contribution in [3.63, 3.8) is 0 Å². The molecule has 1 unspecified atom stereocenters. The molecule has 2 amide bonds. The molecule has 2 aromatic carbocycles. The van der Waals surface area contributed by atoms with E-state index in [0.717, 1.165) is 58.2 Å². The first kappa shape index (κ1) is 22.6. The molecule has 2 heterocycles. The van der Waals surface area contributed by atoms with Gasteiger partial charge in [-0.25, -0.2) is 0 Å². The van der Waals surface area contributed by atoms with E-state index in [-0.39, 0.29) is 6.42 Å². The van der Waals surface area contributed by atoms with E-state index >= 15 is 0 Å². The Morgan fingerprint density at radius 3 is 2.47 bits per heavy atom. The number of amides is 2. The lowest BCUT2D eigenvalue weighted by Gasteiger charge is -2.37. The van der Waals surface area contributed by atoms with E-state index in [2.05, 4.69) is 5.32 Å². The smallest absolute Gasteiger partial charge is 0.285 e. The predicted octanol–water partition coefficient (Wildman–Crippen LogP) is 3.87. The number of imide groups is 1. The van der Waals surface area contributed by atoms with Gasteiger partial charge in [0.05, 0.1) is 4.65 Å². The lowest BCUT2D eigenvalue weighted by Crippen LogP contribution is -2.42. The Kier molecular flexibility index (Phi) is 5.69. The number of hydrogen-bond donors (Lipinski definition) is 2. The fraction of sp³-hybridized carbons (Fsp3) is 0.417. The maximum Gasteiger partial charge on any atom is 0.285 e. The van der Waals surface area contributed by atoms with Crippen LogP contribution in [0.1, 0.15) is 41.2 Å². The Labute approximate surface area is 193 Å². The zero-order chi connectivity index (χ0) is 23.3. The first-order chi connectivity index (χ1) is 15.0. The molecule has 2 N–H and O–H groups in total. The number of benzene rings is 2. The zero-order valence-corrected chi connectivity index (χ0v) is 19.5. The van der Waals surface area contributed by atoms with Gasteiger partial charge in [0.25, 0.3) is 5.24 Å². The Bertz CT molecular complexity index is 1100. The lowest BCUT2D eigenvalue weighted by molar-refractivity contribution is -0.119. The number of phenolic OH excluding ortho intramolecular Hbond substituents is 1. The van der Waals surface area contributed by atoms with Crippen molar-refractivity contribution < 1.29 is 24.2 Å². The molecule has 1 saturated heterocycles. The second-order valence-corrected chi connectivity index (χ2v) is 10.2. The highest BCUT2D eigenvalue weighted by atomic mass is 32.2. The number of carbonyl (C=O) groups is 2. The molecule has 4 rings (SSSR count). The van der Waals surface area contributed by atoms with Gasteiger partial charge in [0.15, 0.2) is 0 Å². The number of rotatable bonds is 5. The van der Waals surface area contributed by atoms with Crippen LogP contribution in [-0.4, -0.2) is 41.0 Å². The van der Waals surface area contributed by atoms with Crippen LogP contribution in [0, 0.1) is 20.8 Å². The number of aromatic hydroxyl groups is 1.